The SMILES string of the molecule is NCC=Cc1cccc(C(F)(F)F)c1. The fourth-order valence-electron chi connectivity index (χ4n) is 1.02. The van der Waals surface area contributed by atoms with Crippen LogP contribution >= 0.6 is 0 Å². The fourth-order valence-corrected chi connectivity index (χ4v) is 1.02. The lowest BCUT2D eigenvalue weighted by molar-refractivity contribution is -0.137. The first-order valence-corrected chi connectivity index (χ1v) is 4.08. The summed E-state index contributed by atoms with van der Waals surface area (Å²) in [6, 6.07) is 5.10. The van der Waals surface area contributed by atoms with Gasteiger partial charge in [-0.1, -0.05) is 24.3 Å². The average molecular weight is 201 g/mol. The zero-order valence-corrected chi connectivity index (χ0v) is 7.38. The molecule has 0 radical (unpaired) electrons. The highest BCUT2D eigenvalue weighted by atomic mass is 19.4. The minimum absolute atomic E-state index is 0.316. The van der Waals surface area contributed by atoms with Crippen LogP contribution in [0.4, 0.5) is 13.2 Å². The van der Waals surface area contributed by atoms with E-state index in [1.165, 1.54) is 6.07 Å². The van der Waals surface area contributed by atoms with Gasteiger partial charge in [-0.25, -0.2) is 0 Å². The largest absolute Gasteiger partial charge is 0.416 e. The highest BCUT2D eigenvalue weighted by molar-refractivity contribution is 5.50. The molecule has 76 valence electrons. The predicted octanol–water partition coefficient (Wildman–Crippen LogP) is 2.68. The van der Waals surface area contributed by atoms with E-state index in [0.717, 1.165) is 12.1 Å². The molecule has 0 heterocycles. The third-order valence-corrected chi connectivity index (χ3v) is 1.66. The summed E-state index contributed by atoms with van der Waals surface area (Å²) < 4.78 is 36.7. The number of hydrogen-bond donors (Lipinski definition) is 1. The van der Waals surface area contributed by atoms with Crippen LogP contribution in [0.3, 0.4) is 0 Å². The van der Waals surface area contributed by atoms with E-state index < -0.39 is 11.7 Å². The number of rotatable bonds is 2. The van der Waals surface area contributed by atoms with Crippen LogP contribution in [0.5, 0.6) is 0 Å². The van der Waals surface area contributed by atoms with Gasteiger partial charge in [0.1, 0.15) is 0 Å². The summed E-state index contributed by atoms with van der Waals surface area (Å²) in [7, 11) is 0. The standard InChI is InChI=1S/C10H10F3N/c11-10(12,13)9-5-1-3-8(7-9)4-2-6-14/h1-5,7H,6,14H2. The van der Waals surface area contributed by atoms with Gasteiger partial charge in [-0.05, 0) is 17.7 Å². The number of nitrogens with two attached hydrogens (primary N) is 1. The Labute approximate surface area is 80.0 Å². The first-order valence-electron chi connectivity index (χ1n) is 4.08. The van der Waals surface area contributed by atoms with Gasteiger partial charge in [-0.3, -0.25) is 0 Å². The summed E-state index contributed by atoms with van der Waals surface area (Å²) in [6.45, 7) is 0.316. The van der Waals surface area contributed by atoms with Crippen LogP contribution in [-0.4, -0.2) is 6.54 Å². The third-order valence-electron chi connectivity index (χ3n) is 1.66. The van der Waals surface area contributed by atoms with E-state index in [-0.39, 0.29) is 0 Å². The Morgan fingerprint density at radius 1 is 1.29 bits per heavy atom. The molecular weight excluding hydrogens is 191 g/mol. The molecule has 0 aliphatic heterocycles. The van der Waals surface area contributed by atoms with Gasteiger partial charge in [0, 0.05) is 6.54 Å². The highest BCUT2D eigenvalue weighted by Gasteiger charge is 2.30. The lowest BCUT2D eigenvalue weighted by Gasteiger charge is -2.06. The highest BCUT2D eigenvalue weighted by Crippen LogP contribution is 2.29. The molecule has 0 amide bonds. The molecule has 0 saturated carbocycles. The van der Waals surface area contributed by atoms with Crippen LogP contribution < -0.4 is 5.73 Å². The van der Waals surface area contributed by atoms with Crippen LogP contribution in [0.15, 0.2) is 30.3 Å². The van der Waals surface area contributed by atoms with Gasteiger partial charge in [0.25, 0.3) is 0 Å². The smallest absolute Gasteiger partial charge is 0.327 e. The Morgan fingerprint density at radius 2 is 2.00 bits per heavy atom. The van der Waals surface area contributed by atoms with Gasteiger partial charge in [-0.2, -0.15) is 13.2 Å². The van der Waals surface area contributed by atoms with E-state index in [4.69, 9.17) is 5.73 Å². The van der Waals surface area contributed by atoms with Crippen LogP contribution in [-0.2, 0) is 6.18 Å². The van der Waals surface area contributed by atoms with Crippen molar-refractivity contribution in [3.63, 3.8) is 0 Å². The quantitative estimate of drug-likeness (QED) is 0.782. The number of hydrogen-bond acceptors (Lipinski definition) is 1. The van der Waals surface area contributed by atoms with E-state index in [9.17, 15) is 13.2 Å². The summed E-state index contributed by atoms with van der Waals surface area (Å²) in [4.78, 5) is 0. The number of alkyl halides is 3. The summed E-state index contributed by atoms with van der Waals surface area (Å²) in [6.07, 6.45) is -1.11. The fraction of sp³-hybridized carbons (Fsp3) is 0.200. The van der Waals surface area contributed by atoms with Gasteiger partial charge in [0.15, 0.2) is 0 Å². The number of benzene rings is 1. The summed E-state index contributed by atoms with van der Waals surface area (Å²) >= 11 is 0. The number of halogens is 3. The molecule has 0 saturated heterocycles. The molecule has 1 rings (SSSR count). The molecule has 0 aliphatic carbocycles. The second-order valence-corrected chi connectivity index (χ2v) is 2.76. The van der Waals surface area contributed by atoms with Crippen molar-refractivity contribution in [3.8, 4) is 0 Å². The van der Waals surface area contributed by atoms with E-state index >= 15 is 0 Å². The normalized spacial score (nSPS) is 12.3. The van der Waals surface area contributed by atoms with Crippen LogP contribution in [0.1, 0.15) is 11.1 Å². The maximum atomic E-state index is 12.2. The van der Waals surface area contributed by atoms with Crippen molar-refractivity contribution >= 4 is 6.08 Å². The first-order chi connectivity index (χ1) is 6.54. The van der Waals surface area contributed by atoms with Gasteiger partial charge in [0.2, 0.25) is 0 Å². The topological polar surface area (TPSA) is 26.0 Å². The molecule has 0 bridgehead atoms. The van der Waals surface area contributed by atoms with E-state index in [1.807, 2.05) is 0 Å². The third kappa shape index (κ3) is 2.88. The molecule has 0 fully saturated rings. The zero-order valence-electron chi connectivity index (χ0n) is 7.38. The minimum atomic E-state index is -4.29. The molecule has 0 unspecified atom stereocenters. The molecule has 1 nitrogen and oxygen atoms in total. The molecular formula is C10H10F3N. The maximum Gasteiger partial charge on any atom is 0.416 e. The molecule has 0 atom stereocenters. The summed E-state index contributed by atoms with van der Waals surface area (Å²) in [5.74, 6) is 0. The Morgan fingerprint density at radius 3 is 2.57 bits per heavy atom. The van der Waals surface area contributed by atoms with Crippen LogP contribution in [0.25, 0.3) is 6.08 Å². The van der Waals surface area contributed by atoms with Crippen molar-refractivity contribution in [3.05, 3.63) is 41.5 Å². The second-order valence-electron chi connectivity index (χ2n) is 2.76. The minimum Gasteiger partial charge on any atom is -0.327 e. The van der Waals surface area contributed by atoms with Gasteiger partial charge < -0.3 is 5.73 Å². The first kappa shape index (κ1) is 10.8. The monoisotopic (exact) mass is 201 g/mol. The summed E-state index contributed by atoms with van der Waals surface area (Å²) in [5, 5.41) is 0. The summed E-state index contributed by atoms with van der Waals surface area (Å²) in [5.41, 5.74) is 5.05. The van der Waals surface area contributed by atoms with Crippen molar-refractivity contribution < 1.29 is 13.2 Å². The Hall–Kier alpha value is -1.29. The molecule has 0 aliphatic rings. The molecule has 4 heteroatoms. The van der Waals surface area contributed by atoms with E-state index in [1.54, 1.807) is 18.2 Å². The Bertz CT molecular complexity index is 328. The van der Waals surface area contributed by atoms with Gasteiger partial charge >= 0.3 is 6.18 Å². The average Bonchev–Trinajstić information content (AvgIpc) is 2.14. The molecule has 14 heavy (non-hydrogen) atoms. The van der Waals surface area contributed by atoms with Crippen LogP contribution in [0, 0.1) is 0 Å². The molecule has 1 aromatic carbocycles. The van der Waals surface area contributed by atoms with Crippen molar-refractivity contribution in [2.75, 3.05) is 6.54 Å². The second kappa shape index (κ2) is 4.28. The predicted molar refractivity (Wildman–Crippen MR) is 49.5 cm³/mol. The van der Waals surface area contributed by atoms with E-state index in [2.05, 4.69) is 0 Å². The maximum absolute atomic E-state index is 12.2. The van der Waals surface area contributed by atoms with Gasteiger partial charge in [0.05, 0.1) is 5.56 Å². The Kier molecular flexibility index (Phi) is 3.30. The van der Waals surface area contributed by atoms with Crippen molar-refractivity contribution in [2.45, 2.75) is 6.18 Å². The zero-order chi connectivity index (χ0) is 10.6. The van der Waals surface area contributed by atoms with Crippen molar-refractivity contribution in [1.29, 1.82) is 0 Å². The molecule has 0 spiro atoms. The van der Waals surface area contributed by atoms with Crippen LogP contribution in [0.2, 0.25) is 0 Å². The Balaban J connectivity index is 2.96. The van der Waals surface area contributed by atoms with Crippen molar-refractivity contribution in [2.24, 2.45) is 5.73 Å². The molecule has 2 N–H and O–H groups in total. The molecule has 0 aromatic heterocycles. The lowest BCUT2D eigenvalue weighted by Crippen LogP contribution is -2.04. The van der Waals surface area contributed by atoms with Crippen molar-refractivity contribution in [1.82, 2.24) is 0 Å². The molecule has 1 aromatic rings. The van der Waals surface area contributed by atoms with Gasteiger partial charge in [-0.15, -0.1) is 0 Å². The lowest BCUT2D eigenvalue weighted by atomic mass is 10.1. The van der Waals surface area contributed by atoms with E-state index in [0.29, 0.717) is 12.1 Å².